The molecule has 2 N–H and O–H groups in total. The van der Waals surface area contributed by atoms with E-state index in [0.717, 1.165) is 11.2 Å². The number of nitrogens with two attached hydrogens (primary N) is 1. The van der Waals surface area contributed by atoms with Crippen molar-refractivity contribution in [3.63, 3.8) is 0 Å². The van der Waals surface area contributed by atoms with Gasteiger partial charge in [-0.3, -0.25) is 4.79 Å². The Labute approximate surface area is 99.1 Å². The summed E-state index contributed by atoms with van der Waals surface area (Å²) in [5, 5.41) is -0.330. The summed E-state index contributed by atoms with van der Waals surface area (Å²) in [5.74, 6) is -0.391. The van der Waals surface area contributed by atoms with E-state index < -0.39 is 15.7 Å². The molecular weight excluding hydrogens is 246 g/mol. The molecule has 0 bridgehead atoms. The molecule has 6 heteroatoms. The summed E-state index contributed by atoms with van der Waals surface area (Å²) >= 11 is 1.30. The van der Waals surface area contributed by atoms with E-state index in [-0.39, 0.29) is 10.1 Å². The van der Waals surface area contributed by atoms with Gasteiger partial charge in [-0.05, 0) is 31.2 Å². The summed E-state index contributed by atoms with van der Waals surface area (Å²) < 4.78 is 22.4. The van der Waals surface area contributed by atoms with Gasteiger partial charge in [-0.15, -0.1) is 11.8 Å². The second-order valence-electron chi connectivity index (χ2n) is 3.41. The highest BCUT2D eigenvalue weighted by Crippen LogP contribution is 2.24. The number of benzene rings is 1. The number of carbonyl (C=O) groups is 1. The maximum atomic E-state index is 11.2. The van der Waals surface area contributed by atoms with Crippen molar-refractivity contribution in [3.8, 4) is 0 Å². The number of primary amides is 1. The van der Waals surface area contributed by atoms with Crippen molar-refractivity contribution in [1.29, 1.82) is 0 Å². The van der Waals surface area contributed by atoms with E-state index in [1.54, 1.807) is 19.1 Å². The van der Waals surface area contributed by atoms with E-state index in [9.17, 15) is 13.2 Å². The monoisotopic (exact) mass is 259 g/mol. The fourth-order valence-electron chi connectivity index (χ4n) is 1.03. The van der Waals surface area contributed by atoms with Crippen LogP contribution < -0.4 is 5.73 Å². The third kappa shape index (κ3) is 3.53. The molecule has 0 radical (unpaired) electrons. The van der Waals surface area contributed by atoms with Crippen molar-refractivity contribution in [2.45, 2.75) is 22.0 Å². The molecule has 0 aliphatic heterocycles. The Morgan fingerprint density at radius 1 is 1.31 bits per heavy atom. The lowest BCUT2D eigenvalue weighted by Crippen LogP contribution is -2.22. The predicted molar refractivity (Wildman–Crippen MR) is 64.1 cm³/mol. The van der Waals surface area contributed by atoms with Gasteiger partial charge in [0, 0.05) is 11.2 Å². The largest absolute Gasteiger partial charge is 0.369 e. The molecule has 0 saturated heterocycles. The third-order valence-electron chi connectivity index (χ3n) is 1.97. The highest BCUT2D eigenvalue weighted by atomic mass is 32.2. The minimum Gasteiger partial charge on any atom is -0.369 e. The van der Waals surface area contributed by atoms with Crippen LogP contribution in [-0.4, -0.2) is 25.8 Å². The van der Waals surface area contributed by atoms with Crippen LogP contribution in [0.2, 0.25) is 0 Å². The number of rotatable bonds is 4. The first-order valence-corrected chi connectivity index (χ1v) is 7.34. The first kappa shape index (κ1) is 13.1. The van der Waals surface area contributed by atoms with Gasteiger partial charge >= 0.3 is 0 Å². The van der Waals surface area contributed by atoms with Crippen LogP contribution >= 0.6 is 11.8 Å². The fraction of sp³-hybridized carbons (Fsp3) is 0.300. The molecule has 1 aromatic carbocycles. The molecule has 0 spiro atoms. The zero-order valence-electron chi connectivity index (χ0n) is 9.01. The Bertz CT molecular complexity index is 479. The third-order valence-corrected chi connectivity index (χ3v) is 4.22. The van der Waals surface area contributed by atoms with Gasteiger partial charge in [-0.1, -0.05) is 0 Å². The lowest BCUT2D eigenvalue weighted by atomic mass is 10.4. The van der Waals surface area contributed by atoms with Crippen LogP contribution in [0, 0.1) is 0 Å². The average Bonchev–Trinajstić information content (AvgIpc) is 2.17. The Morgan fingerprint density at radius 3 is 2.19 bits per heavy atom. The van der Waals surface area contributed by atoms with Gasteiger partial charge in [0.25, 0.3) is 0 Å². The van der Waals surface area contributed by atoms with Crippen molar-refractivity contribution >= 4 is 27.5 Å². The molecular formula is C10H13NO3S2. The molecule has 1 atom stereocenters. The fourth-order valence-corrected chi connectivity index (χ4v) is 2.48. The minimum atomic E-state index is -3.17. The highest BCUT2D eigenvalue weighted by molar-refractivity contribution is 8.00. The number of hydrogen-bond donors (Lipinski definition) is 1. The summed E-state index contributed by atoms with van der Waals surface area (Å²) in [5.41, 5.74) is 5.13. The summed E-state index contributed by atoms with van der Waals surface area (Å²) in [4.78, 5) is 11.9. The molecule has 1 rings (SSSR count). The van der Waals surface area contributed by atoms with Gasteiger partial charge < -0.3 is 5.73 Å². The second-order valence-corrected chi connectivity index (χ2v) is 6.84. The van der Waals surface area contributed by atoms with Crippen molar-refractivity contribution in [3.05, 3.63) is 24.3 Å². The Kier molecular flexibility index (Phi) is 3.98. The Morgan fingerprint density at radius 2 is 1.81 bits per heavy atom. The summed E-state index contributed by atoms with van der Waals surface area (Å²) in [6.45, 7) is 1.71. The molecule has 0 aromatic heterocycles. The molecule has 1 amide bonds. The first-order chi connectivity index (χ1) is 7.30. The van der Waals surface area contributed by atoms with Crippen LogP contribution in [0.25, 0.3) is 0 Å². The summed E-state index contributed by atoms with van der Waals surface area (Å²) in [7, 11) is -3.17. The van der Waals surface area contributed by atoms with Crippen molar-refractivity contribution in [2.24, 2.45) is 5.73 Å². The first-order valence-electron chi connectivity index (χ1n) is 4.57. The minimum absolute atomic E-state index is 0.267. The van der Waals surface area contributed by atoms with Gasteiger partial charge in [0.15, 0.2) is 9.84 Å². The molecule has 0 aliphatic carbocycles. The standard InChI is InChI=1S/C10H13NO3S2/c1-7(10(11)12)15-8-3-5-9(6-4-8)16(2,13)14/h3-7H,1-2H3,(H2,11,12)/t7-/m1/s1. The zero-order chi connectivity index (χ0) is 12.3. The SMILES string of the molecule is C[C@@H](Sc1ccc(S(C)(=O)=O)cc1)C(N)=O. The number of thioether (sulfide) groups is 1. The van der Waals surface area contributed by atoms with Gasteiger partial charge in [-0.25, -0.2) is 8.42 Å². The molecule has 0 unspecified atom stereocenters. The quantitative estimate of drug-likeness (QED) is 0.820. The molecule has 1 aromatic rings. The average molecular weight is 259 g/mol. The van der Waals surface area contributed by atoms with E-state index >= 15 is 0 Å². The van der Waals surface area contributed by atoms with Gasteiger partial charge in [0.2, 0.25) is 5.91 Å². The smallest absolute Gasteiger partial charge is 0.230 e. The van der Waals surface area contributed by atoms with E-state index in [4.69, 9.17) is 5.73 Å². The van der Waals surface area contributed by atoms with Crippen LogP contribution in [0.5, 0.6) is 0 Å². The lowest BCUT2D eigenvalue weighted by Gasteiger charge is -2.07. The van der Waals surface area contributed by atoms with Crippen molar-refractivity contribution in [1.82, 2.24) is 0 Å². The van der Waals surface area contributed by atoms with Crippen molar-refractivity contribution < 1.29 is 13.2 Å². The second kappa shape index (κ2) is 4.88. The number of carbonyl (C=O) groups excluding carboxylic acids is 1. The number of sulfone groups is 1. The maximum Gasteiger partial charge on any atom is 0.230 e. The van der Waals surface area contributed by atoms with Crippen molar-refractivity contribution in [2.75, 3.05) is 6.26 Å². The zero-order valence-corrected chi connectivity index (χ0v) is 10.6. The molecule has 88 valence electrons. The maximum absolute atomic E-state index is 11.2. The van der Waals surface area contributed by atoms with Crippen LogP contribution in [0.15, 0.2) is 34.1 Å². The van der Waals surface area contributed by atoms with E-state index in [2.05, 4.69) is 0 Å². The highest BCUT2D eigenvalue weighted by Gasteiger charge is 2.11. The van der Waals surface area contributed by atoms with E-state index in [1.807, 2.05) is 0 Å². The normalized spacial score (nSPS) is 13.4. The molecule has 0 heterocycles. The van der Waals surface area contributed by atoms with Crippen LogP contribution in [0.1, 0.15) is 6.92 Å². The van der Waals surface area contributed by atoms with Gasteiger partial charge in [-0.2, -0.15) is 0 Å². The van der Waals surface area contributed by atoms with E-state index in [1.165, 1.54) is 23.9 Å². The lowest BCUT2D eigenvalue weighted by molar-refractivity contribution is -0.117. The predicted octanol–water partition coefficient (Wildman–Crippen LogP) is 1.06. The Hall–Kier alpha value is -1.01. The van der Waals surface area contributed by atoms with Crippen LogP contribution in [0.3, 0.4) is 0 Å². The molecule has 0 fully saturated rings. The number of amides is 1. The molecule has 16 heavy (non-hydrogen) atoms. The summed E-state index contributed by atoms with van der Waals surface area (Å²) in [6, 6.07) is 6.37. The van der Waals surface area contributed by atoms with Gasteiger partial charge in [0.1, 0.15) is 0 Å². The topological polar surface area (TPSA) is 77.2 Å². The van der Waals surface area contributed by atoms with Crippen LogP contribution in [0.4, 0.5) is 0 Å². The van der Waals surface area contributed by atoms with E-state index in [0.29, 0.717) is 0 Å². The van der Waals surface area contributed by atoms with Gasteiger partial charge in [0.05, 0.1) is 10.1 Å². The summed E-state index contributed by atoms with van der Waals surface area (Å²) in [6.07, 6.45) is 1.15. The molecule has 0 saturated carbocycles. The van der Waals surface area contributed by atoms with Crippen LogP contribution in [-0.2, 0) is 14.6 Å². The molecule has 4 nitrogen and oxygen atoms in total. The number of hydrogen-bond acceptors (Lipinski definition) is 4. The molecule has 0 aliphatic rings. The Balaban J connectivity index is 2.84.